The van der Waals surface area contributed by atoms with Crippen LogP contribution in [0.15, 0.2) is 5.18 Å². The second-order valence-electron chi connectivity index (χ2n) is 8.34. The minimum absolute atomic E-state index is 0.00540. The highest BCUT2D eigenvalue weighted by molar-refractivity contribution is 5.91. The van der Waals surface area contributed by atoms with E-state index in [1.165, 1.54) is 0 Å². The summed E-state index contributed by atoms with van der Waals surface area (Å²) >= 11 is 0. The molecular weight excluding hydrogens is 514 g/mol. The molecule has 0 aliphatic rings. The summed E-state index contributed by atoms with van der Waals surface area (Å²) in [4.78, 5) is 80.4. The number of carbonyl (C=O) groups is 6. The van der Waals surface area contributed by atoms with Gasteiger partial charge in [0.2, 0.25) is 17.7 Å². The molecule has 0 aromatic rings. The van der Waals surface area contributed by atoms with Crippen molar-refractivity contribution in [2.75, 3.05) is 13.2 Å². The number of carboxylic acid groups (broad SMARTS) is 1. The van der Waals surface area contributed by atoms with Gasteiger partial charge in [-0.3, -0.25) is 19.2 Å². The van der Waals surface area contributed by atoms with Crippen LogP contribution in [0.25, 0.3) is 0 Å². The second-order valence-corrected chi connectivity index (χ2v) is 8.34. The predicted molar refractivity (Wildman–Crippen MR) is 127 cm³/mol. The van der Waals surface area contributed by atoms with Gasteiger partial charge in [-0.2, -0.15) is 4.91 Å². The number of aldehydes is 2. The number of aliphatic carboxylic acids is 1. The molecule has 0 heterocycles. The number of rotatable bonds is 21. The SMILES string of the molecule is N[C@@H](CCC(=O)NC[C@H](N=O)[C@@H](O)[C@H](O)[C@H](O)CO)C(=O)N[C@@H](CCC(=O)O)C(=O)N[C@H](C=O)CCC=O. The Labute approximate surface area is 217 Å². The Kier molecular flexibility index (Phi) is 17.1. The minimum atomic E-state index is -1.91. The fourth-order valence-electron chi connectivity index (χ4n) is 3.03. The van der Waals surface area contributed by atoms with Crippen molar-refractivity contribution in [3.63, 3.8) is 0 Å². The predicted octanol–water partition coefficient (Wildman–Crippen LogP) is -4.57. The number of nitroso groups, excluding NO2 is 1. The number of carbonyl (C=O) groups excluding carboxylic acids is 5. The largest absolute Gasteiger partial charge is 0.481 e. The zero-order chi connectivity index (χ0) is 29.3. The van der Waals surface area contributed by atoms with Crippen molar-refractivity contribution in [3.05, 3.63) is 4.91 Å². The summed E-state index contributed by atoms with van der Waals surface area (Å²) in [6.07, 6.45) is -6.07. The topological polar surface area (TPSA) is 295 Å². The van der Waals surface area contributed by atoms with Crippen LogP contribution in [-0.4, -0.2) is 117 Å². The summed E-state index contributed by atoms with van der Waals surface area (Å²) in [5.74, 6) is -3.75. The third-order valence-electron chi connectivity index (χ3n) is 5.36. The Balaban J connectivity index is 4.92. The van der Waals surface area contributed by atoms with E-state index < -0.39 is 85.7 Å². The maximum atomic E-state index is 12.5. The average Bonchev–Trinajstić information content (AvgIpc) is 2.90. The Bertz CT molecular complexity index is 813. The van der Waals surface area contributed by atoms with Gasteiger partial charge < -0.3 is 56.8 Å². The van der Waals surface area contributed by atoms with Crippen molar-refractivity contribution in [2.24, 2.45) is 10.9 Å². The molecule has 0 spiro atoms. The Morgan fingerprint density at radius 3 is 2.11 bits per heavy atom. The highest BCUT2D eigenvalue weighted by Gasteiger charge is 2.32. The second kappa shape index (κ2) is 18.8. The maximum Gasteiger partial charge on any atom is 0.303 e. The van der Waals surface area contributed by atoms with Gasteiger partial charge in [0.25, 0.3) is 0 Å². The summed E-state index contributed by atoms with van der Waals surface area (Å²) in [6, 6.07) is -5.31. The first-order chi connectivity index (χ1) is 17.9. The van der Waals surface area contributed by atoms with E-state index in [0.29, 0.717) is 12.6 Å². The first-order valence-corrected chi connectivity index (χ1v) is 11.6. The summed E-state index contributed by atoms with van der Waals surface area (Å²) in [6.45, 7) is -1.44. The number of aliphatic hydroxyl groups is 4. The number of nitrogens with two attached hydrogens (primary N) is 1. The standard InChI is InChI=1S/C21H35N5O12/c22-12(3-5-16(31)23-8-14(26-38)18(34)19(35)15(30)10-29)20(36)25-13(4-6-17(32)33)21(37)24-11(9-28)2-1-7-27/h7,9,11-15,18-19,29-30,34-35H,1-6,8,10,22H2,(H,23,31)(H,24,37)(H,25,36)(H,32,33)/t11-,12-,13-,14-,15+,18+,19+/m0/s1. The summed E-state index contributed by atoms with van der Waals surface area (Å²) in [5.41, 5.74) is 5.75. The van der Waals surface area contributed by atoms with Gasteiger partial charge in [-0.15, -0.1) is 0 Å². The van der Waals surface area contributed by atoms with Crippen molar-refractivity contribution < 1.29 is 54.3 Å². The molecule has 7 atom stereocenters. The van der Waals surface area contributed by atoms with E-state index in [-0.39, 0.29) is 32.1 Å². The van der Waals surface area contributed by atoms with Crippen LogP contribution in [0.3, 0.4) is 0 Å². The molecule has 0 saturated carbocycles. The number of amides is 3. The van der Waals surface area contributed by atoms with E-state index in [2.05, 4.69) is 21.1 Å². The van der Waals surface area contributed by atoms with E-state index in [1.54, 1.807) is 0 Å². The summed E-state index contributed by atoms with van der Waals surface area (Å²) in [7, 11) is 0. The third kappa shape index (κ3) is 13.2. The molecule has 0 saturated heterocycles. The van der Waals surface area contributed by atoms with E-state index in [0.717, 1.165) is 0 Å². The molecule has 3 amide bonds. The zero-order valence-electron chi connectivity index (χ0n) is 20.5. The van der Waals surface area contributed by atoms with Gasteiger partial charge in [0.1, 0.15) is 43.0 Å². The summed E-state index contributed by atoms with van der Waals surface area (Å²) < 4.78 is 0. The van der Waals surface area contributed by atoms with E-state index in [4.69, 9.17) is 15.9 Å². The Morgan fingerprint density at radius 2 is 1.58 bits per heavy atom. The maximum absolute atomic E-state index is 12.5. The molecule has 0 fully saturated rings. The molecular formula is C21H35N5O12. The molecule has 17 nitrogen and oxygen atoms in total. The lowest BCUT2D eigenvalue weighted by atomic mass is 10.0. The lowest BCUT2D eigenvalue weighted by Crippen LogP contribution is -2.53. The van der Waals surface area contributed by atoms with Crippen molar-refractivity contribution >= 4 is 36.3 Å². The number of nitrogens with one attached hydrogen (secondary N) is 3. The first kappa shape index (κ1) is 34.6. The quantitative estimate of drug-likeness (QED) is 0.0482. The van der Waals surface area contributed by atoms with Crippen LogP contribution in [0.4, 0.5) is 0 Å². The Morgan fingerprint density at radius 1 is 0.921 bits per heavy atom. The number of hydrogen-bond acceptors (Lipinski definition) is 13. The normalized spacial score (nSPS) is 16.4. The fraction of sp³-hybridized carbons (Fsp3) is 0.714. The number of carboxylic acids is 1. The molecule has 0 aliphatic carbocycles. The molecule has 0 rings (SSSR count). The average molecular weight is 550 g/mol. The highest BCUT2D eigenvalue weighted by atomic mass is 16.4. The minimum Gasteiger partial charge on any atom is -0.481 e. The number of aliphatic hydroxyl groups excluding tert-OH is 4. The molecule has 0 aromatic heterocycles. The molecule has 10 N–H and O–H groups in total. The van der Waals surface area contributed by atoms with Crippen LogP contribution < -0.4 is 21.7 Å². The van der Waals surface area contributed by atoms with Crippen molar-refractivity contribution in [1.29, 1.82) is 0 Å². The monoisotopic (exact) mass is 549 g/mol. The van der Waals surface area contributed by atoms with E-state index in [1.807, 2.05) is 0 Å². The fourth-order valence-corrected chi connectivity index (χ4v) is 3.03. The highest BCUT2D eigenvalue weighted by Crippen LogP contribution is 2.08. The van der Waals surface area contributed by atoms with Crippen LogP contribution in [-0.2, 0) is 28.8 Å². The van der Waals surface area contributed by atoms with Crippen LogP contribution in [0.1, 0.15) is 38.5 Å². The lowest BCUT2D eigenvalue weighted by molar-refractivity contribution is -0.138. The molecule has 216 valence electrons. The van der Waals surface area contributed by atoms with Gasteiger partial charge in [-0.25, -0.2) is 0 Å². The summed E-state index contributed by atoms with van der Waals surface area (Å²) in [5, 5.41) is 55.9. The van der Waals surface area contributed by atoms with Gasteiger partial charge in [-0.1, -0.05) is 5.18 Å². The molecule has 17 heteroatoms. The molecule has 38 heavy (non-hydrogen) atoms. The molecule has 0 radical (unpaired) electrons. The van der Waals surface area contributed by atoms with Gasteiger partial charge in [-0.05, 0) is 19.3 Å². The molecule has 0 bridgehead atoms. The van der Waals surface area contributed by atoms with Crippen molar-refractivity contribution in [1.82, 2.24) is 16.0 Å². The van der Waals surface area contributed by atoms with E-state index in [9.17, 15) is 49.0 Å². The first-order valence-electron chi connectivity index (χ1n) is 11.6. The molecule has 0 aliphatic heterocycles. The van der Waals surface area contributed by atoms with Gasteiger partial charge in [0.15, 0.2) is 0 Å². The Hall–Kier alpha value is -3.38. The van der Waals surface area contributed by atoms with Gasteiger partial charge in [0.05, 0.1) is 18.7 Å². The van der Waals surface area contributed by atoms with Gasteiger partial charge >= 0.3 is 5.97 Å². The van der Waals surface area contributed by atoms with Crippen LogP contribution in [0, 0.1) is 4.91 Å². The molecule has 0 unspecified atom stereocenters. The van der Waals surface area contributed by atoms with Gasteiger partial charge in [0, 0.05) is 25.8 Å². The van der Waals surface area contributed by atoms with Crippen LogP contribution >= 0.6 is 0 Å². The van der Waals surface area contributed by atoms with E-state index >= 15 is 0 Å². The van der Waals surface area contributed by atoms with Crippen molar-refractivity contribution in [3.8, 4) is 0 Å². The lowest BCUT2D eigenvalue weighted by Gasteiger charge is -2.25. The number of hydrogen-bond donors (Lipinski definition) is 9. The smallest absolute Gasteiger partial charge is 0.303 e. The van der Waals surface area contributed by atoms with Crippen LogP contribution in [0.2, 0.25) is 0 Å². The molecule has 0 aromatic carbocycles. The zero-order valence-corrected chi connectivity index (χ0v) is 20.5. The van der Waals surface area contributed by atoms with Crippen LogP contribution in [0.5, 0.6) is 0 Å². The third-order valence-corrected chi connectivity index (χ3v) is 5.36. The number of nitrogens with zero attached hydrogens (tertiary/aromatic N) is 1. The van der Waals surface area contributed by atoms with Crippen molar-refractivity contribution in [2.45, 2.75) is 81.0 Å².